The van der Waals surface area contributed by atoms with Gasteiger partial charge in [0.25, 0.3) is 5.91 Å². The highest BCUT2D eigenvalue weighted by Crippen LogP contribution is 2.28. The Balaban J connectivity index is 1.39. The van der Waals surface area contributed by atoms with E-state index in [0.717, 1.165) is 33.9 Å². The third-order valence-corrected chi connectivity index (χ3v) is 6.37. The molecule has 0 aliphatic carbocycles. The third kappa shape index (κ3) is 3.66. The number of anilines is 1. The molecule has 5 aromatic rings. The number of furan rings is 1. The maximum atomic E-state index is 12.7. The van der Waals surface area contributed by atoms with Crippen LogP contribution in [0.3, 0.4) is 0 Å². The van der Waals surface area contributed by atoms with Gasteiger partial charge in [-0.1, -0.05) is 41.9 Å². The topological polar surface area (TPSA) is 79.8 Å². The van der Waals surface area contributed by atoms with E-state index in [4.69, 9.17) is 21.0 Å². The number of rotatable bonds is 4. The number of aromatic nitrogens is 4. The van der Waals surface area contributed by atoms with Gasteiger partial charge in [0.1, 0.15) is 5.82 Å². The summed E-state index contributed by atoms with van der Waals surface area (Å²) in [7, 11) is 0. The summed E-state index contributed by atoms with van der Waals surface area (Å²) in [6.45, 7) is 2.38. The van der Waals surface area contributed by atoms with E-state index in [0.29, 0.717) is 43.4 Å². The summed E-state index contributed by atoms with van der Waals surface area (Å²) in [6.07, 6.45) is 2.15. The Labute approximate surface area is 200 Å². The van der Waals surface area contributed by atoms with Crippen LogP contribution >= 0.6 is 11.6 Å². The zero-order valence-electron chi connectivity index (χ0n) is 18.3. The molecule has 6 rings (SSSR count). The molecule has 0 unspecified atom stereocenters. The van der Waals surface area contributed by atoms with E-state index in [9.17, 15) is 4.79 Å². The van der Waals surface area contributed by atoms with Gasteiger partial charge in [-0.2, -0.15) is 0 Å². The first-order valence-electron chi connectivity index (χ1n) is 11.1. The monoisotopic (exact) mass is 472 g/mol. The minimum absolute atomic E-state index is 0.0953. The molecule has 0 bridgehead atoms. The Bertz CT molecular complexity index is 1470. The summed E-state index contributed by atoms with van der Waals surface area (Å²) in [4.78, 5) is 21.7. The highest BCUT2D eigenvalue weighted by atomic mass is 35.5. The van der Waals surface area contributed by atoms with Crippen molar-refractivity contribution in [2.24, 2.45) is 0 Å². The summed E-state index contributed by atoms with van der Waals surface area (Å²) in [5, 5.41) is 10.6. The van der Waals surface area contributed by atoms with Crippen LogP contribution in [-0.4, -0.2) is 56.6 Å². The van der Waals surface area contributed by atoms with Crippen LogP contribution in [0.15, 0.2) is 71.3 Å². The van der Waals surface area contributed by atoms with Crippen molar-refractivity contribution in [2.45, 2.75) is 6.42 Å². The minimum atomic E-state index is -0.0953. The molecule has 2 aromatic carbocycles. The molecule has 1 fully saturated rings. The maximum absolute atomic E-state index is 12.7. The fourth-order valence-electron chi connectivity index (χ4n) is 4.42. The van der Waals surface area contributed by atoms with Crippen LogP contribution < -0.4 is 4.90 Å². The molecule has 0 saturated carbocycles. The molecule has 9 heteroatoms. The molecule has 1 aliphatic rings. The van der Waals surface area contributed by atoms with Gasteiger partial charge < -0.3 is 14.2 Å². The zero-order chi connectivity index (χ0) is 23.1. The highest BCUT2D eigenvalue weighted by Gasteiger charge is 2.27. The molecule has 0 spiro atoms. The van der Waals surface area contributed by atoms with Crippen LogP contribution in [0.5, 0.6) is 0 Å². The average Bonchev–Trinajstić information content (AvgIpc) is 3.55. The van der Waals surface area contributed by atoms with Crippen molar-refractivity contribution in [1.82, 2.24) is 24.5 Å². The standard InChI is InChI=1S/C25H21ClN6O2/c26-18-8-9-19-20(16-18)27-25(31-12-10-30(11-13-31)24(33)21-7-4-14-34-21)32-22(28-29-23(19)32)15-17-5-2-1-3-6-17/h1-9,14,16H,10-13,15H2. The summed E-state index contributed by atoms with van der Waals surface area (Å²) < 4.78 is 7.32. The largest absolute Gasteiger partial charge is 0.459 e. The van der Waals surface area contributed by atoms with Gasteiger partial charge in [0.2, 0.25) is 5.95 Å². The van der Waals surface area contributed by atoms with Gasteiger partial charge >= 0.3 is 0 Å². The number of fused-ring (bicyclic) bond motifs is 3. The first kappa shape index (κ1) is 20.7. The number of hydrogen-bond acceptors (Lipinski definition) is 6. The van der Waals surface area contributed by atoms with Gasteiger partial charge in [-0.15, -0.1) is 10.2 Å². The molecule has 1 aliphatic heterocycles. The fraction of sp³-hybridized carbons (Fsp3) is 0.200. The number of benzene rings is 2. The van der Waals surface area contributed by atoms with Crippen molar-refractivity contribution in [2.75, 3.05) is 31.1 Å². The molecule has 0 N–H and O–H groups in total. The second-order valence-electron chi connectivity index (χ2n) is 8.27. The second-order valence-corrected chi connectivity index (χ2v) is 8.70. The molecular weight excluding hydrogens is 452 g/mol. The van der Waals surface area contributed by atoms with Crippen LogP contribution in [0.4, 0.5) is 5.95 Å². The van der Waals surface area contributed by atoms with E-state index >= 15 is 0 Å². The predicted molar refractivity (Wildman–Crippen MR) is 129 cm³/mol. The molecule has 3 aromatic heterocycles. The first-order chi connectivity index (χ1) is 16.7. The summed E-state index contributed by atoms with van der Waals surface area (Å²) in [6, 6.07) is 19.2. The van der Waals surface area contributed by atoms with Gasteiger partial charge in [-0.3, -0.25) is 4.79 Å². The van der Waals surface area contributed by atoms with E-state index in [-0.39, 0.29) is 5.91 Å². The van der Waals surface area contributed by atoms with Crippen LogP contribution in [-0.2, 0) is 6.42 Å². The summed E-state index contributed by atoms with van der Waals surface area (Å²) in [5.74, 6) is 1.83. The SMILES string of the molecule is O=C(c1ccco1)N1CCN(c2nc3cc(Cl)ccc3c3nnc(Cc4ccccc4)n23)CC1. The van der Waals surface area contributed by atoms with Gasteiger partial charge in [-0.25, -0.2) is 9.38 Å². The fourth-order valence-corrected chi connectivity index (χ4v) is 4.58. The Morgan fingerprint density at radius 2 is 1.79 bits per heavy atom. The molecule has 1 saturated heterocycles. The summed E-state index contributed by atoms with van der Waals surface area (Å²) >= 11 is 6.27. The second kappa shape index (κ2) is 8.46. The molecule has 0 radical (unpaired) electrons. The van der Waals surface area contributed by atoms with Crippen molar-refractivity contribution in [3.63, 3.8) is 0 Å². The quantitative estimate of drug-likeness (QED) is 0.392. The Morgan fingerprint density at radius 1 is 0.971 bits per heavy atom. The van der Waals surface area contributed by atoms with E-state index in [1.165, 1.54) is 6.26 Å². The molecular formula is C25H21ClN6O2. The normalized spacial score (nSPS) is 14.3. The summed E-state index contributed by atoms with van der Waals surface area (Å²) in [5.41, 5.74) is 2.66. The number of carbonyl (C=O) groups excluding carboxylic acids is 1. The number of amides is 1. The highest BCUT2D eigenvalue weighted by molar-refractivity contribution is 6.31. The van der Waals surface area contributed by atoms with Gasteiger partial charge in [0.15, 0.2) is 11.4 Å². The molecule has 0 atom stereocenters. The van der Waals surface area contributed by atoms with Crippen molar-refractivity contribution in [1.29, 1.82) is 0 Å². The van der Waals surface area contributed by atoms with Crippen LogP contribution in [0.25, 0.3) is 16.6 Å². The number of nitrogens with zero attached hydrogens (tertiary/aromatic N) is 6. The van der Waals surface area contributed by atoms with Crippen molar-refractivity contribution in [3.8, 4) is 0 Å². The zero-order valence-corrected chi connectivity index (χ0v) is 19.0. The van der Waals surface area contributed by atoms with E-state index in [1.807, 2.05) is 45.7 Å². The predicted octanol–water partition coefficient (Wildman–Crippen LogP) is 4.08. The third-order valence-electron chi connectivity index (χ3n) is 6.14. The lowest BCUT2D eigenvalue weighted by molar-refractivity contribution is 0.0714. The maximum Gasteiger partial charge on any atom is 0.289 e. The first-order valence-corrected chi connectivity index (χ1v) is 11.5. The lowest BCUT2D eigenvalue weighted by atomic mass is 10.1. The van der Waals surface area contributed by atoms with Crippen LogP contribution in [0.2, 0.25) is 5.02 Å². The molecule has 4 heterocycles. The Hall–Kier alpha value is -3.91. The number of piperazine rings is 1. The van der Waals surface area contributed by atoms with Crippen LogP contribution in [0, 0.1) is 0 Å². The van der Waals surface area contributed by atoms with Crippen molar-refractivity contribution in [3.05, 3.63) is 89.1 Å². The Kier molecular flexibility index (Phi) is 5.15. The lowest BCUT2D eigenvalue weighted by Gasteiger charge is -2.35. The van der Waals surface area contributed by atoms with E-state index < -0.39 is 0 Å². The van der Waals surface area contributed by atoms with E-state index in [1.54, 1.807) is 12.1 Å². The van der Waals surface area contributed by atoms with Gasteiger partial charge in [0.05, 0.1) is 11.8 Å². The molecule has 1 amide bonds. The lowest BCUT2D eigenvalue weighted by Crippen LogP contribution is -2.49. The molecule has 34 heavy (non-hydrogen) atoms. The smallest absolute Gasteiger partial charge is 0.289 e. The number of carbonyl (C=O) groups is 1. The van der Waals surface area contributed by atoms with Crippen LogP contribution in [0.1, 0.15) is 21.9 Å². The van der Waals surface area contributed by atoms with Gasteiger partial charge in [0, 0.05) is 43.0 Å². The van der Waals surface area contributed by atoms with E-state index in [2.05, 4.69) is 27.2 Å². The minimum Gasteiger partial charge on any atom is -0.459 e. The molecule has 8 nitrogen and oxygen atoms in total. The molecule has 170 valence electrons. The van der Waals surface area contributed by atoms with Crippen molar-refractivity contribution < 1.29 is 9.21 Å². The van der Waals surface area contributed by atoms with Crippen molar-refractivity contribution >= 4 is 40.0 Å². The average molecular weight is 473 g/mol. The number of halogens is 1. The Morgan fingerprint density at radius 3 is 2.56 bits per heavy atom. The number of hydrogen-bond donors (Lipinski definition) is 0. The van der Waals surface area contributed by atoms with Gasteiger partial charge in [-0.05, 0) is 35.9 Å².